The van der Waals surface area contributed by atoms with Gasteiger partial charge in [-0.25, -0.2) is 22.5 Å². The van der Waals surface area contributed by atoms with Crippen LogP contribution in [0.1, 0.15) is 21.7 Å². The highest BCUT2D eigenvalue weighted by Crippen LogP contribution is 2.33. The number of nitrogens with one attached hydrogen (secondary N) is 1. The minimum Gasteiger partial charge on any atom is -0.241 e. The van der Waals surface area contributed by atoms with Crippen molar-refractivity contribution in [2.24, 2.45) is 0 Å². The summed E-state index contributed by atoms with van der Waals surface area (Å²) in [6.07, 6.45) is -4.66. The summed E-state index contributed by atoms with van der Waals surface area (Å²) >= 11 is 1.43. The molecule has 1 aromatic heterocycles. The Morgan fingerprint density at radius 1 is 1.10 bits per heavy atom. The molecule has 0 radical (unpaired) electrons. The van der Waals surface area contributed by atoms with Crippen LogP contribution in [0, 0.1) is 19.7 Å². The molecule has 0 aliphatic heterocycles. The molecule has 160 valence electrons. The van der Waals surface area contributed by atoms with E-state index in [0.717, 1.165) is 32.8 Å². The lowest BCUT2D eigenvalue weighted by Gasteiger charge is -2.11. The van der Waals surface area contributed by atoms with Crippen molar-refractivity contribution in [1.82, 2.24) is 9.71 Å². The van der Waals surface area contributed by atoms with Gasteiger partial charge in [-0.1, -0.05) is 23.8 Å². The zero-order chi connectivity index (χ0) is 22.1. The quantitative estimate of drug-likeness (QED) is 0.523. The standard InChI is InChI=1S/C20H18F4N2O2S2/c1-12-4-3-5-14(10-12)19-26-13(2)18(29-19)8-9-25-30(27,28)15-6-7-17(21)16(11-15)20(22,23)24/h3-7,10-11,25H,8-9H2,1-2H3. The van der Waals surface area contributed by atoms with Crippen LogP contribution < -0.4 is 4.72 Å². The summed E-state index contributed by atoms with van der Waals surface area (Å²) in [5.41, 5.74) is 1.19. The van der Waals surface area contributed by atoms with Gasteiger partial charge in [-0.2, -0.15) is 13.2 Å². The minimum atomic E-state index is -4.98. The van der Waals surface area contributed by atoms with E-state index >= 15 is 0 Å². The van der Waals surface area contributed by atoms with Crippen LogP contribution in [0.5, 0.6) is 0 Å². The lowest BCUT2D eigenvalue weighted by Crippen LogP contribution is -2.26. The average Bonchev–Trinajstić information content (AvgIpc) is 3.02. The van der Waals surface area contributed by atoms with Gasteiger partial charge in [-0.05, 0) is 44.5 Å². The van der Waals surface area contributed by atoms with E-state index in [9.17, 15) is 26.0 Å². The molecule has 30 heavy (non-hydrogen) atoms. The van der Waals surface area contributed by atoms with E-state index in [1.54, 1.807) is 0 Å². The normalized spacial score (nSPS) is 12.3. The molecular weight excluding hydrogens is 440 g/mol. The van der Waals surface area contributed by atoms with Crippen molar-refractivity contribution in [2.45, 2.75) is 31.3 Å². The molecule has 0 aliphatic rings. The molecule has 4 nitrogen and oxygen atoms in total. The number of benzene rings is 2. The largest absolute Gasteiger partial charge is 0.419 e. The van der Waals surface area contributed by atoms with Gasteiger partial charge in [-0.15, -0.1) is 11.3 Å². The molecule has 0 fully saturated rings. The summed E-state index contributed by atoms with van der Waals surface area (Å²) in [5, 5.41) is 0.808. The number of halogens is 4. The van der Waals surface area contributed by atoms with Crippen LogP contribution >= 0.6 is 11.3 Å². The van der Waals surface area contributed by atoms with E-state index in [1.807, 2.05) is 38.1 Å². The lowest BCUT2D eigenvalue weighted by atomic mass is 10.1. The highest BCUT2D eigenvalue weighted by atomic mass is 32.2. The maximum atomic E-state index is 13.4. The second-order valence-electron chi connectivity index (χ2n) is 6.68. The van der Waals surface area contributed by atoms with Crippen molar-refractivity contribution in [3.8, 4) is 10.6 Å². The zero-order valence-electron chi connectivity index (χ0n) is 16.0. The molecule has 0 aliphatic carbocycles. The Balaban J connectivity index is 1.72. The van der Waals surface area contributed by atoms with Crippen molar-refractivity contribution in [3.05, 3.63) is 70.0 Å². The molecule has 0 saturated carbocycles. The van der Waals surface area contributed by atoms with Gasteiger partial charge in [-0.3, -0.25) is 0 Å². The Kier molecular flexibility index (Phi) is 6.30. The van der Waals surface area contributed by atoms with E-state index in [2.05, 4.69) is 9.71 Å². The Morgan fingerprint density at radius 3 is 2.50 bits per heavy atom. The molecule has 0 saturated heterocycles. The molecule has 0 atom stereocenters. The van der Waals surface area contributed by atoms with Gasteiger partial charge in [0.25, 0.3) is 0 Å². The maximum Gasteiger partial charge on any atom is 0.419 e. The molecule has 3 aromatic rings. The van der Waals surface area contributed by atoms with Crippen molar-refractivity contribution in [1.29, 1.82) is 0 Å². The number of thiazole rings is 1. The molecule has 2 aromatic carbocycles. The molecule has 0 unspecified atom stereocenters. The Morgan fingerprint density at radius 2 is 1.83 bits per heavy atom. The van der Waals surface area contributed by atoms with Gasteiger partial charge < -0.3 is 0 Å². The maximum absolute atomic E-state index is 13.4. The predicted octanol–water partition coefficient (Wildman–Crippen LogP) is 5.11. The van der Waals surface area contributed by atoms with Gasteiger partial charge in [0, 0.05) is 17.0 Å². The topological polar surface area (TPSA) is 59.1 Å². The van der Waals surface area contributed by atoms with Crippen LogP contribution in [-0.2, 0) is 22.6 Å². The first-order valence-corrected chi connectivity index (χ1v) is 11.2. The second-order valence-corrected chi connectivity index (χ2v) is 9.53. The molecule has 1 N–H and O–H groups in total. The number of hydrogen-bond acceptors (Lipinski definition) is 4. The molecular formula is C20H18F4N2O2S2. The number of aromatic nitrogens is 1. The molecule has 0 amide bonds. The smallest absolute Gasteiger partial charge is 0.241 e. The number of hydrogen-bond donors (Lipinski definition) is 1. The lowest BCUT2D eigenvalue weighted by molar-refractivity contribution is -0.140. The third-order valence-corrected chi connectivity index (χ3v) is 7.08. The fraction of sp³-hybridized carbons (Fsp3) is 0.250. The van der Waals surface area contributed by atoms with Crippen molar-refractivity contribution < 1.29 is 26.0 Å². The number of alkyl halides is 3. The van der Waals surface area contributed by atoms with Gasteiger partial charge in [0.05, 0.1) is 16.2 Å². The monoisotopic (exact) mass is 458 g/mol. The van der Waals surface area contributed by atoms with Gasteiger partial charge in [0.1, 0.15) is 10.8 Å². The first-order chi connectivity index (χ1) is 14.0. The summed E-state index contributed by atoms with van der Waals surface area (Å²) in [6.45, 7) is 3.76. The molecule has 0 bridgehead atoms. The highest BCUT2D eigenvalue weighted by Gasteiger charge is 2.35. The Labute approximate surface area is 175 Å². The van der Waals surface area contributed by atoms with Crippen molar-refractivity contribution in [3.63, 3.8) is 0 Å². The van der Waals surface area contributed by atoms with Crippen molar-refractivity contribution >= 4 is 21.4 Å². The van der Waals surface area contributed by atoms with Crippen LogP contribution in [0.4, 0.5) is 17.6 Å². The van der Waals surface area contributed by atoms with Gasteiger partial charge in [0.2, 0.25) is 10.0 Å². The van der Waals surface area contributed by atoms with E-state index in [4.69, 9.17) is 0 Å². The number of aryl methyl sites for hydroxylation is 2. The molecule has 1 heterocycles. The fourth-order valence-electron chi connectivity index (χ4n) is 2.83. The summed E-state index contributed by atoms with van der Waals surface area (Å²) < 4.78 is 78.9. The van der Waals surface area contributed by atoms with Crippen molar-refractivity contribution in [2.75, 3.05) is 6.54 Å². The summed E-state index contributed by atoms with van der Waals surface area (Å²) in [6, 6.07) is 9.43. The highest BCUT2D eigenvalue weighted by molar-refractivity contribution is 7.89. The molecule has 10 heteroatoms. The van der Waals surface area contributed by atoms with E-state index in [-0.39, 0.29) is 6.54 Å². The first-order valence-electron chi connectivity index (χ1n) is 8.87. The van der Waals surface area contributed by atoms with Crippen LogP contribution in [0.3, 0.4) is 0 Å². The van der Waals surface area contributed by atoms with Crippen LogP contribution in [-0.4, -0.2) is 19.9 Å². The minimum absolute atomic E-state index is 0.0304. The summed E-state index contributed by atoms with van der Waals surface area (Å²) in [4.78, 5) is 4.74. The number of rotatable bonds is 6. The third-order valence-electron chi connectivity index (χ3n) is 4.36. The van der Waals surface area contributed by atoms with Gasteiger partial charge >= 0.3 is 6.18 Å². The number of nitrogens with zero attached hydrogens (tertiary/aromatic N) is 1. The van der Waals surface area contributed by atoms with Gasteiger partial charge in [0.15, 0.2) is 0 Å². The third kappa shape index (κ3) is 5.05. The van der Waals surface area contributed by atoms with Crippen LogP contribution in [0.25, 0.3) is 10.6 Å². The molecule has 0 spiro atoms. The van der Waals surface area contributed by atoms with E-state index in [1.165, 1.54) is 11.3 Å². The summed E-state index contributed by atoms with van der Waals surface area (Å²) in [5.74, 6) is -1.52. The first kappa shape index (κ1) is 22.4. The fourth-order valence-corrected chi connectivity index (χ4v) is 4.95. The Hall–Kier alpha value is -2.30. The van der Waals surface area contributed by atoms with Crippen LogP contribution in [0.2, 0.25) is 0 Å². The SMILES string of the molecule is Cc1cccc(-c2nc(C)c(CCNS(=O)(=O)c3ccc(F)c(C(F)(F)F)c3)s2)c1. The van der Waals surface area contributed by atoms with Crippen LogP contribution in [0.15, 0.2) is 47.4 Å². The predicted molar refractivity (Wildman–Crippen MR) is 107 cm³/mol. The van der Waals surface area contributed by atoms with E-state index in [0.29, 0.717) is 18.6 Å². The zero-order valence-corrected chi connectivity index (χ0v) is 17.7. The van der Waals surface area contributed by atoms with E-state index < -0.39 is 32.5 Å². The average molecular weight is 459 g/mol. The molecule has 3 rings (SSSR count). The summed E-state index contributed by atoms with van der Waals surface area (Å²) in [7, 11) is -4.23. The number of sulfonamides is 1. The Bertz CT molecular complexity index is 1170. The second kappa shape index (κ2) is 8.44.